The summed E-state index contributed by atoms with van der Waals surface area (Å²) < 4.78 is 13.5. The molecule has 124 heavy (non-hydrogen) atoms. The van der Waals surface area contributed by atoms with E-state index in [1.165, 1.54) is 76.8 Å². The first kappa shape index (κ1) is 73.9. The second-order valence-electron chi connectivity index (χ2n) is 31.7. The van der Waals surface area contributed by atoms with Gasteiger partial charge in [-0.25, -0.2) is 0 Å². The molecule has 23 rings (SSSR count). The molecular weight excluding hydrogens is 1500 g/mol. The third-order valence-corrected chi connectivity index (χ3v) is 24.4. The van der Waals surface area contributed by atoms with Crippen LogP contribution in [0.25, 0.3) is 187 Å². The molecule has 0 atom stereocenters. The van der Waals surface area contributed by atoms with Crippen LogP contribution in [0.4, 0.5) is 34.1 Å². The second kappa shape index (κ2) is 32.4. The van der Waals surface area contributed by atoms with Crippen molar-refractivity contribution in [3.63, 3.8) is 0 Å². The largest absolute Gasteiger partial charge is 0.455 e. The molecule has 0 bridgehead atoms. The molecule has 0 N–H and O–H groups in total. The van der Waals surface area contributed by atoms with Crippen molar-refractivity contribution in [2.75, 3.05) is 9.80 Å². The summed E-state index contributed by atoms with van der Waals surface area (Å²) in [6.07, 6.45) is 0. The van der Waals surface area contributed by atoms with Gasteiger partial charge in [0, 0.05) is 77.9 Å². The Balaban J connectivity index is 0.000000148. The first-order chi connectivity index (χ1) is 61.5. The Bertz CT molecular complexity index is 7680. The van der Waals surface area contributed by atoms with E-state index < -0.39 is 0 Å². The van der Waals surface area contributed by atoms with E-state index in [0.29, 0.717) is 0 Å². The Labute approximate surface area is 720 Å². The maximum Gasteiger partial charge on any atom is 0.143 e. The van der Waals surface area contributed by atoms with E-state index in [4.69, 9.17) is 8.83 Å². The average Bonchev–Trinajstić information content (AvgIpc) is 1.60. The number of anilines is 6. The Morgan fingerprint density at radius 2 is 0.274 bits per heavy atom. The first-order valence-electron chi connectivity index (χ1n) is 42.4. The molecular formula is C120H80N2O2. The fourth-order valence-corrected chi connectivity index (χ4v) is 18.2. The van der Waals surface area contributed by atoms with E-state index in [0.717, 1.165) is 145 Å². The van der Waals surface area contributed by atoms with Gasteiger partial charge in [0.2, 0.25) is 0 Å². The number of furan rings is 2. The van der Waals surface area contributed by atoms with Crippen LogP contribution in [0, 0.1) is 0 Å². The van der Waals surface area contributed by atoms with E-state index in [-0.39, 0.29) is 0 Å². The summed E-state index contributed by atoms with van der Waals surface area (Å²) in [7, 11) is 0. The molecule has 0 unspecified atom stereocenters. The van der Waals surface area contributed by atoms with Gasteiger partial charge in [-0.05, 0) is 194 Å². The van der Waals surface area contributed by atoms with Gasteiger partial charge in [0.15, 0.2) is 0 Å². The third-order valence-electron chi connectivity index (χ3n) is 24.4. The standard InChI is InChI=1S/C62H41NO.C58H39NO/c1-2-12-46(13-3-1)57-22-10-24-59-60-25-11-23-58(62(60)64-61(57)59)49-28-26-42(27-29-49)43-30-36-50(37-31-43)63(51-38-32-47(33-39-51)55-20-8-16-44-14-4-6-18-53(44)55)52-40-34-48(35-41-52)56-21-9-17-45-15-5-7-19-54(45)56;1-3-12-40(13-4-1)42-28-34-48(35-29-42)59(50-38-32-46(33-39-50)52-19-9-17-44-16-7-8-18-51(44)52)49-36-30-43(31-37-49)41-24-26-47(27-25-41)54-21-11-23-56-55-22-10-20-53(57(55)60-58(54)56)45-14-5-2-6-15-45/h1-41H;1-39H. The van der Waals surface area contributed by atoms with Gasteiger partial charge in [0.05, 0.1) is 0 Å². The van der Waals surface area contributed by atoms with Crippen LogP contribution >= 0.6 is 0 Å². The summed E-state index contributed by atoms with van der Waals surface area (Å²) in [6.45, 7) is 0. The van der Waals surface area contributed by atoms with Gasteiger partial charge < -0.3 is 18.6 Å². The number of benzene rings is 21. The number of nitrogens with zero attached hydrogens (tertiary/aromatic N) is 2. The maximum absolute atomic E-state index is 6.73. The lowest BCUT2D eigenvalue weighted by atomic mass is 9.97. The molecule has 21 aromatic carbocycles. The van der Waals surface area contributed by atoms with Crippen molar-refractivity contribution in [1.29, 1.82) is 0 Å². The quantitative estimate of drug-likeness (QED) is 0.0965. The lowest BCUT2D eigenvalue weighted by Crippen LogP contribution is -2.09. The van der Waals surface area contributed by atoms with Crippen molar-refractivity contribution in [2.45, 2.75) is 0 Å². The van der Waals surface area contributed by atoms with Gasteiger partial charge in [-0.2, -0.15) is 0 Å². The second-order valence-corrected chi connectivity index (χ2v) is 31.7. The summed E-state index contributed by atoms with van der Waals surface area (Å²) in [5.41, 5.74) is 33.5. The van der Waals surface area contributed by atoms with Crippen LogP contribution in [0.3, 0.4) is 0 Å². The topological polar surface area (TPSA) is 32.8 Å². The van der Waals surface area contributed by atoms with Crippen LogP contribution in [0.2, 0.25) is 0 Å². The van der Waals surface area contributed by atoms with E-state index in [9.17, 15) is 0 Å². The van der Waals surface area contributed by atoms with E-state index in [1.807, 2.05) is 12.1 Å². The van der Waals surface area contributed by atoms with E-state index in [2.05, 4.69) is 483 Å². The first-order valence-corrected chi connectivity index (χ1v) is 42.4. The zero-order valence-electron chi connectivity index (χ0n) is 67.9. The van der Waals surface area contributed by atoms with Crippen molar-refractivity contribution in [1.82, 2.24) is 0 Å². The highest BCUT2D eigenvalue weighted by Crippen LogP contribution is 2.47. The highest BCUT2D eigenvalue weighted by molar-refractivity contribution is 6.15. The molecule has 4 nitrogen and oxygen atoms in total. The predicted octanol–water partition coefficient (Wildman–Crippen LogP) is 34.2. The van der Waals surface area contributed by atoms with Crippen LogP contribution in [-0.2, 0) is 0 Å². The maximum atomic E-state index is 6.73. The van der Waals surface area contributed by atoms with Crippen molar-refractivity contribution in [2.24, 2.45) is 0 Å². The van der Waals surface area contributed by atoms with Crippen LogP contribution in [0.15, 0.2) is 494 Å². The highest BCUT2D eigenvalue weighted by atomic mass is 16.3. The lowest BCUT2D eigenvalue weighted by molar-refractivity contribution is 0.670. The molecule has 2 heterocycles. The summed E-state index contributed by atoms with van der Waals surface area (Å²) >= 11 is 0. The minimum Gasteiger partial charge on any atom is -0.455 e. The number of hydrogen-bond acceptors (Lipinski definition) is 4. The number of rotatable bonds is 16. The van der Waals surface area contributed by atoms with Crippen molar-refractivity contribution in [3.8, 4) is 111 Å². The molecule has 0 aliphatic heterocycles. The van der Waals surface area contributed by atoms with Gasteiger partial charge in [0.25, 0.3) is 0 Å². The Kier molecular flexibility index (Phi) is 19.3. The van der Waals surface area contributed by atoms with Crippen LogP contribution in [0.1, 0.15) is 0 Å². The monoisotopic (exact) mass is 1580 g/mol. The number of hydrogen-bond donors (Lipinski definition) is 0. The molecule has 2 aromatic heterocycles. The SMILES string of the molecule is c1ccc(-c2ccc(N(c3ccc(-c4ccc(-c5cccc6c5oc5c(-c7ccccc7)cccc56)cc4)cc3)c3ccc(-c4cccc5ccccc45)cc3)cc2)cc1.c1ccc(-c2cccc3c2oc2c(-c4ccc(-c5ccc(N(c6ccc(-c7cccc8ccccc78)cc6)c6ccc(-c7cccc8ccccc78)cc6)cc5)cc4)cccc23)cc1. The molecule has 0 amide bonds. The van der Waals surface area contributed by atoms with Gasteiger partial charge in [-0.1, -0.05) is 413 Å². The summed E-state index contributed by atoms with van der Waals surface area (Å²) in [4.78, 5) is 4.69. The zero-order chi connectivity index (χ0) is 82.2. The number of fused-ring (bicyclic) bond motifs is 9. The zero-order valence-corrected chi connectivity index (χ0v) is 67.9. The van der Waals surface area contributed by atoms with Crippen molar-refractivity contribution < 1.29 is 8.83 Å². The molecule has 0 aliphatic rings. The molecule has 0 saturated heterocycles. The van der Waals surface area contributed by atoms with Crippen LogP contribution < -0.4 is 9.80 Å². The van der Waals surface area contributed by atoms with Crippen molar-refractivity contribution in [3.05, 3.63) is 485 Å². The van der Waals surface area contributed by atoms with Gasteiger partial charge >= 0.3 is 0 Å². The molecule has 0 aliphatic carbocycles. The smallest absolute Gasteiger partial charge is 0.143 e. The highest BCUT2D eigenvalue weighted by Gasteiger charge is 2.22. The Morgan fingerprint density at radius 1 is 0.113 bits per heavy atom. The average molecular weight is 1580 g/mol. The molecule has 23 aromatic rings. The fourth-order valence-electron chi connectivity index (χ4n) is 18.2. The molecule has 582 valence electrons. The molecule has 0 radical (unpaired) electrons. The van der Waals surface area contributed by atoms with Gasteiger partial charge in [-0.3, -0.25) is 0 Å². The minimum atomic E-state index is 0.911. The Hall–Kier alpha value is -16.4. The predicted molar refractivity (Wildman–Crippen MR) is 524 cm³/mol. The summed E-state index contributed by atoms with van der Waals surface area (Å²) in [6, 6.07) is 174. The summed E-state index contributed by atoms with van der Waals surface area (Å²) in [5.74, 6) is 0. The van der Waals surface area contributed by atoms with E-state index >= 15 is 0 Å². The normalized spacial score (nSPS) is 11.4. The van der Waals surface area contributed by atoms with Crippen LogP contribution in [-0.4, -0.2) is 0 Å². The molecule has 0 spiro atoms. The molecule has 0 saturated carbocycles. The third kappa shape index (κ3) is 14.1. The van der Waals surface area contributed by atoms with Gasteiger partial charge in [-0.15, -0.1) is 0 Å². The fraction of sp³-hybridized carbons (Fsp3) is 0. The number of para-hydroxylation sites is 4. The van der Waals surface area contributed by atoms with Gasteiger partial charge in [0.1, 0.15) is 22.3 Å². The molecule has 0 fully saturated rings. The lowest BCUT2D eigenvalue weighted by Gasteiger charge is -2.26. The minimum absolute atomic E-state index is 0.911. The summed E-state index contributed by atoms with van der Waals surface area (Å²) in [5, 5.41) is 12.0. The van der Waals surface area contributed by atoms with Crippen LogP contribution in [0.5, 0.6) is 0 Å². The van der Waals surface area contributed by atoms with Crippen molar-refractivity contribution >= 4 is 110 Å². The molecule has 4 heteroatoms. The van der Waals surface area contributed by atoms with E-state index in [1.54, 1.807) is 0 Å². The Morgan fingerprint density at radius 3 is 0.540 bits per heavy atom.